The summed E-state index contributed by atoms with van der Waals surface area (Å²) in [6.07, 6.45) is 3.08. The molecule has 0 aliphatic carbocycles. The van der Waals surface area contributed by atoms with Gasteiger partial charge in [0.2, 0.25) is 0 Å². The van der Waals surface area contributed by atoms with Crippen LogP contribution in [-0.4, -0.2) is 22.6 Å². The standard InChI is InChI=1S/C12H22O4/c1-5-8-12(7-3,9(4)6-2)16-11(15)10(13)14/h9H,5-8H2,1-4H3,(H,13,14). The highest BCUT2D eigenvalue weighted by atomic mass is 16.6. The second-order valence-corrected chi connectivity index (χ2v) is 4.17. The maximum Gasteiger partial charge on any atom is 0.417 e. The molecule has 0 bridgehead atoms. The van der Waals surface area contributed by atoms with Gasteiger partial charge < -0.3 is 9.84 Å². The zero-order chi connectivity index (χ0) is 12.8. The predicted octanol–water partition coefficient (Wildman–Crippen LogP) is 2.61. The van der Waals surface area contributed by atoms with Crippen molar-refractivity contribution >= 4 is 11.9 Å². The van der Waals surface area contributed by atoms with Gasteiger partial charge in [-0.2, -0.15) is 0 Å². The number of carboxylic acids is 1. The molecule has 1 N–H and O–H groups in total. The van der Waals surface area contributed by atoms with E-state index < -0.39 is 17.5 Å². The van der Waals surface area contributed by atoms with Crippen molar-refractivity contribution in [2.75, 3.05) is 0 Å². The zero-order valence-corrected chi connectivity index (χ0v) is 10.6. The largest absolute Gasteiger partial charge is 0.473 e. The molecule has 4 heteroatoms. The third-order valence-corrected chi connectivity index (χ3v) is 3.25. The topological polar surface area (TPSA) is 63.6 Å². The Morgan fingerprint density at radius 3 is 2.19 bits per heavy atom. The van der Waals surface area contributed by atoms with Crippen LogP contribution in [0.15, 0.2) is 0 Å². The van der Waals surface area contributed by atoms with Gasteiger partial charge in [-0.3, -0.25) is 0 Å². The van der Waals surface area contributed by atoms with Crippen LogP contribution in [0.4, 0.5) is 0 Å². The maximum absolute atomic E-state index is 11.2. The highest BCUT2D eigenvalue weighted by Crippen LogP contribution is 2.33. The number of carboxylic acid groups (broad SMARTS) is 1. The van der Waals surface area contributed by atoms with Gasteiger partial charge in [-0.1, -0.05) is 34.1 Å². The van der Waals surface area contributed by atoms with Crippen molar-refractivity contribution in [2.45, 2.75) is 59.0 Å². The molecule has 94 valence electrons. The van der Waals surface area contributed by atoms with Crippen molar-refractivity contribution in [2.24, 2.45) is 5.92 Å². The molecule has 0 rings (SSSR count). The molecule has 0 aliphatic rings. The quantitative estimate of drug-likeness (QED) is 0.562. The summed E-state index contributed by atoms with van der Waals surface area (Å²) < 4.78 is 5.20. The zero-order valence-electron chi connectivity index (χ0n) is 10.6. The van der Waals surface area contributed by atoms with Gasteiger partial charge in [0.1, 0.15) is 5.60 Å². The van der Waals surface area contributed by atoms with Gasteiger partial charge in [-0.05, 0) is 25.2 Å². The minimum Gasteiger partial charge on any atom is -0.473 e. The molecular formula is C12H22O4. The average molecular weight is 230 g/mol. The molecule has 2 atom stereocenters. The first-order valence-electron chi connectivity index (χ1n) is 5.89. The third-order valence-electron chi connectivity index (χ3n) is 3.25. The first-order chi connectivity index (χ1) is 7.43. The summed E-state index contributed by atoms with van der Waals surface area (Å²) in [6.45, 7) is 7.94. The van der Waals surface area contributed by atoms with Gasteiger partial charge in [0, 0.05) is 0 Å². The summed E-state index contributed by atoms with van der Waals surface area (Å²) in [6, 6.07) is 0. The summed E-state index contributed by atoms with van der Waals surface area (Å²) in [5, 5.41) is 8.59. The van der Waals surface area contributed by atoms with Crippen molar-refractivity contribution in [3.63, 3.8) is 0 Å². The lowest BCUT2D eigenvalue weighted by atomic mass is 9.81. The van der Waals surface area contributed by atoms with Crippen LogP contribution in [0.5, 0.6) is 0 Å². The lowest BCUT2D eigenvalue weighted by Crippen LogP contribution is -2.42. The Labute approximate surface area is 97.0 Å². The number of esters is 1. The molecule has 0 radical (unpaired) electrons. The van der Waals surface area contributed by atoms with Crippen molar-refractivity contribution in [1.82, 2.24) is 0 Å². The molecule has 0 spiro atoms. The van der Waals surface area contributed by atoms with E-state index in [4.69, 9.17) is 9.84 Å². The van der Waals surface area contributed by atoms with Crippen LogP contribution in [0.1, 0.15) is 53.4 Å². The minimum atomic E-state index is -1.52. The SMILES string of the molecule is CCCC(CC)(OC(=O)C(=O)O)C(C)CC. The molecule has 0 fully saturated rings. The molecule has 0 saturated carbocycles. The van der Waals surface area contributed by atoms with E-state index in [0.29, 0.717) is 12.8 Å². The van der Waals surface area contributed by atoms with Gasteiger partial charge in [-0.25, -0.2) is 9.59 Å². The Morgan fingerprint density at radius 2 is 1.88 bits per heavy atom. The first-order valence-corrected chi connectivity index (χ1v) is 5.89. The lowest BCUT2D eigenvalue weighted by Gasteiger charge is -2.37. The Morgan fingerprint density at radius 1 is 1.31 bits per heavy atom. The molecule has 0 aromatic rings. The fraction of sp³-hybridized carbons (Fsp3) is 0.833. The van der Waals surface area contributed by atoms with Crippen molar-refractivity contribution in [3.05, 3.63) is 0 Å². The molecule has 0 heterocycles. The highest BCUT2D eigenvalue weighted by Gasteiger charge is 2.38. The van der Waals surface area contributed by atoms with Crippen molar-refractivity contribution in [1.29, 1.82) is 0 Å². The normalized spacial score (nSPS) is 16.2. The molecule has 4 nitrogen and oxygen atoms in total. The minimum absolute atomic E-state index is 0.167. The van der Waals surface area contributed by atoms with Crippen LogP contribution in [0.3, 0.4) is 0 Å². The summed E-state index contributed by atoms with van der Waals surface area (Å²) >= 11 is 0. The molecule has 0 amide bonds. The van der Waals surface area contributed by atoms with E-state index in [1.807, 2.05) is 27.7 Å². The van der Waals surface area contributed by atoms with E-state index >= 15 is 0 Å². The Balaban J connectivity index is 4.89. The molecule has 0 aromatic carbocycles. The Bertz CT molecular complexity index is 249. The third kappa shape index (κ3) is 3.51. The van der Waals surface area contributed by atoms with Crippen LogP contribution in [0, 0.1) is 5.92 Å². The van der Waals surface area contributed by atoms with Crippen LogP contribution in [0.25, 0.3) is 0 Å². The van der Waals surface area contributed by atoms with Crippen LogP contribution >= 0.6 is 0 Å². The van der Waals surface area contributed by atoms with E-state index in [0.717, 1.165) is 12.8 Å². The van der Waals surface area contributed by atoms with E-state index in [1.54, 1.807) is 0 Å². The predicted molar refractivity (Wildman–Crippen MR) is 61.1 cm³/mol. The Kier molecular flexibility index (Phi) is 6.08. The smallest absolute Gasteiger partial charge is 0.417 e. The summed E-state index contributed by atoms with van der Waals surface area (Å²) in [5.74, 6) is -2.49. The molecule has 0 saturated heterocycles. The van der Waals surface area contributed by atoms with Gasteiger partial charge in [0.25, 0.3) is 0 Å². The number of carbonyl (C=O) groups excluding carboxylic acids is 1. The second kappa shape index (κ2) is 6.51. The van der Waals surface area contributed by atoms with E-state index in [1.165, 1.54) is 0 Å². The average Bonchev–Trinajstić information content (AvgIpc) is 2.26. The van der Waals surface area contributed by atoms with Gasteiger partial charge in [-0.15, -0.1) is 0 Å². The van der Waals surface area contributed by atoms with Crippen LogP contribution < -0.4 is 0 Å². The monoisotopic (exact) mass is 230 g/mol. The van der Waals surface area contributed by atoms with Crippen LogP contribution in [-0.2, 0) is 14.3 Å². The molecule has 0 aromatic heterocycles. The van der Waals surface area contributed by atoms with E-state index in [-0.39, 0.29) is 5.92 Å². The number of carbonyl (C=O) groups is 2. The molecule has 0 aliphatic heterocycles. The van der Waals surface area contributed by atoms with Crippen molar-refractivity contribution in [3.8, 4) is 0 Å². The van der Waals surface area contributed by atoms with Gasteiger partial charge >= 0.3 is 11.9 Å². The number of hydrogen-bond donors (Lipinski definition) is 1. The van der Waals surface area contributed by atoms with Gasteiger partial charge in [0.05, 0.1) is 0 Å². The number of hydrogen-bond acceptors (Lipinski definition) is 3. The molecule has 16 heavy (non-hydrogen) atoms. The fourth-order valence-electron chi connectivity index (χ4n) is 2.02. The first kappa shape index (κ1) is 14.9. The molecular weight excluding hydrogens is 208 g/mol. The summed E-state index contributed by atoms with van der Waals surface area (Å²) in [4.78, 5) is 21.7. The number of rotatable bonds is 6. The summed E-state index contributed by atoms with van der Waals surface area (Å²) in [7, 11) is 0. The summed E-state index contributed by atoms with van der Waals surface area (Å²) in [5.41, 5.74) is -0.626. The van der Waals surface area contributed by atoms with E-state index in [2.05, 4.69) is 0 Å². The van der Waals surface area contributed by atoms with Crippen molar-refractivity contribution < 1.29 is 19.4 Å². The second-order valence-electron chi connectivity index (χ2n) is 4.17. The number of aliphatic carboxylic acids is 1. The number of ether oxygens (including phenoxy) is 1. The Hall–Kier alpha value is -1.06. The molecule has 2 unspecified atom stereocenters. The van der Waals surface area contributed by atoms with E-state index in [9.17, 15) is 9.59 Å². The highest BCUT2D eigenvalue weighted by molar-refractivity contribution is 6.28. The van der Waals surface area contributed by atoms with Crippen LogP contribution in [0.2, 0.25) is 0 Å². The van der Waals surface area contributed by atoms with Gasteiger partial charge in [0.15, 0.2) is 0 Å². The lowest BCUT2D eigenvalue weighted by molar-refractivity contribution is -0.180. The fourth-order valence-corrected chi connectivity index (χ4v) is 2.02. The maximum atomic E-state index is 11.2.